The van der Waals surface area contributed by atoms with E-state index in [1.807, 2.05) is 6.07 Å². The van der Waals surface area contributed by atoms with Gasteiger partial charge in [0.2, 0.25) is 5.91 Å². The van der Waals surface area contributed by atoms with E-state index in [1.54, 1.807) is 60.7 Å². The normalized spacial score (nSPS) is 21.9. The summed E-state index contributed by atoms with van der Waals surface area (Å²) in [5, 5.41) is 14.7. The highest BCUT2D eigenvalue weighted by molar-refractivity contribution is 7.80. The number of nitrogens with one attached hydrogen (secondary N) is 2. The van der Waals surface area contributed by atoms with Crippen molar-refractivity contribution < 1.29 is 19.1 Å². The monoisotopic (exact) mass is 407 g/mol. The molecular formula is C21H17N3O4S. The first-order chi connectivity index (χ1) is 14.0. The molecule has 1 fully saturated rings. The predicted octanol–water partition coefficient (Wildman–Crippen LogP) is 1.71. The molecule has 0 aliphatic carbocycles. The first-order valence-electron chi connectivity index (χ1n) is 8.71. The average Bonchev–Trinajstić information content (AvgIpc) is 2.74. The van der Waals surface area contributed by atoms with Crippen LogP contribution >= 0.6 is 12.2 Å². The summed E-state index contributed by atoms with van der Waals surface area (Å²) in [6, 6.07) is 18.7. The molecule has 0 unspecified atom stereocenters. The molecule has 2 aromatic carbocycles. The maximum absolute atomic E-state index is 13.6. The summed E-state index contributed by atoms with van der Waals surface area (Å²) in [5.41, 5.74) is -1.27. The van der Waals surface area contributed by atoms with Gasteiger partial charge in [-0.3, -0.25) is 9.59 Å². The van der Waals surface area contributed by atoms with E-state index in [9.17, 15) is 19.6 Å². The number of nitrogens with zero attached hydrogens (tertiary/aromatic N) is 1. The first-order valence-corrected chi connectivity index (χ1v) is 9.11. The van der Waals surface area contributed by atoms with Gasteiger partial charge < -0.3 is 15.4 Å². The van der Waals surface area contributed by atoms with Crippen LogP contribution in [-0.2, 0) is 14.3 Å². The molecule has 2 aromatic rings. The van der Waals surface area contributed by atoms with E-state index in [4.69, 9.17) is 17.0 Å². The predicted molar refractivity (Wildman–Crippen MR) is 108 cm³/mol. The average molecular weight is 407 g/mol. The van der Waals surface area contributed by atoms with Gasteiger partial charge in [-0.2, -0.15) is 5.26 Å². The molecule has 3 rings (SSSR count). The van der Waals surface area contributed by atoms with Gasteiger partial charge in [0.25, 0.3) is 0 Å². The minimum Gasteiger partial charge on any atom is -0.467 e. The van der Waals surface area contributed by atoms with Gasteiger partial charge in [0, 0.05) is 5.56 Å². The zero-order valence-corrected chi connectivity index (χ0v) is 16.2. The molecule has 1 aliphatic rings. The van der Waals surface area contributed by atoms with Crippen molar-refractivity contribution in [3.8, 4) is 6.07 Å². The molecule has 0 aromatic heterocycles. The van der Waals surface area contributed by atoms with Crippen LogP contribution in [0.5, 0.6) is 0 Å². The second kappa shape index (κ2) is 8.20. The Morgan fingerprint density at radius 2 is 1.72 bits per heavy atom. The number of esters is 1. The van der Waals surface area contributed by atoms with Gasteiger partial charge in [-0.1, -0.05) is 60.7 Å². The smallest absolute Gasteiger partial charge is 0.334 e. The number of benzene rings is 2. The summed E-state index contributed by atoms with van der Waals surface area (Å²) >= 11 is 5.10. The van der Waals surface area contributed by atoms with Crippen molar-refractivity contribution in [2.24, 2.45) is 5.92 Å². The van der Waals surface area contributed by atoms with E-state index in [-0.39, 0.29) is 5.11 Å². The van der Waals surface area contributed by atoms with Crippen LogP contribution in [0, 0.1) is 17.2 Å². The Balaban J connectivity index is 2.31. The summed E-state index contributed by atoms with van der Waals surface area (Å²) in [7, 11) is 1.13. The Morgan fingerprint density at radius 1 is 1.14 bits per heavy atom. The van der Waals surface area contributed by atoms with Crippen molar-refractivity contribution in [2.45, 2.75) is 11.5 Å². The molecule has 29 heavy (non-hydrogen) atoms. The molecule has 1 amide bonds. The van der Waals surface area contributed by atoms with Crippen LogP contribution in [0.3, 0.4) is 0 Å². The summed E-state index contributed by atoms with van der Waals surface area (Å²) in [6.07, 6.45) is 0. The number of amides is 1. The van der Waals surface area contributed by atoms with Gasteiger partial charge in [0.1, 0.15) is 0 Å². The van der Waals surface area contributed by atoms with Crippen molar-refractivity contribution >= 4 is 35.0 Å². The number of thiocarbonyl (C=S) groups is 1. The van der Waals surface area contributed by atoms with E-state index in [2.05, 4.69) is 10.6 Å². The van der Waals surface area contributed by atoms with Crippen LogP contribution in [0.1, 0.15) is 21.8 Å². The van der Waals surface area contributed by atoms with E-state index in [0.717, 1.165) is 7.11 Å². The van der Waals surface area contributed by atoms with Gasteiger partial charge in [-0.25, -0.2) is 4.79 Å². The summed E-state index contributed by atoms with van der Waals surface area (Å²) in [6.45, 7) is 0. The highest BCUT2D eigenvalue weighted by Gasteiger charge is 2.61. The molecule has 1 saturated heterocycles. The Kier molecular flexibility index (Phi) is 5.71. The molecule has 7 nitrogen and oxygen atoms in total. The van der Waals surface area contributed by atoms with Crippen LogP contribution in [0.25, 0.3) is 0 Å². The minimum absolute atomic E-state index is 0.159. The standard InChI is InChI=1S/C21H17N3O4S/c1-28-19(27)21(15(12-22)18(26)23-20(29)24-21)16(13-8-4-2-5-9-13)17(25)14-10-6-3-7-11-14/h2-11,15-16H,1H3,(H2,23,24,26,29)/t15-,16+,21-/m1/s1. The number of carbonyl (C=O) groups excluding carboxylic acids is 3. The highest BCUT2D eigenvalue weighted by Crippen LogP contribution is 2.39. The number of carbonyl (C=O) groups is 3. The van der Waals surface area contributed by atoms with Crippen molar-refractivity contribution in [3.63, 3.8) is 0 Å². The summed E-state index contributed by atoms with van der Waals surface area (Å²) in [4.78, 5) is 39.3. The maximum atomic E-state index is 13.6. The molecule has 1 heterocycles. The van der Waals surface area contributed by atoms with Crippen LogP contribution in [0.4, 0.5) is 0 Å². The number of hydrogen-bond donors (Lipinski definition) is 2. The fourth-order valence-electron chi connectivity index (χ4n) is 3.57. The second-order valence-electron chi connectivity index (χ2n) is 6.44. The van der Waals surface area contributed by atoms with Crippen LogP contribution in [0.15, 0.2) is 60.7 Å². The lowest BCUT2D eigenvalue weighted by atomic mass is 9.67. The number of rotatable bonds is 5. The van der Waals surface area contributed by atoms with Crippen molar-refractivity contribution in [3.05, 3.63) is 71.8 Å². The third-order valence-corrected chi connectivity index (χ3v) is 5.04. The zero-order valence-electron chi connectivity index (χ0n) is 15.4. The van der Waals surface area contributed by atoms with Crippen LogP contribution in [0.2, 0.25) is 0 Å². The molecule has 0 spiro atoms. The summed E-state index contributed by atoms with van der Waals surface area (Å²) in [5.74, 6) is -4.96. The third-order valence-electron chi connectivity index (χ3n) is 4.84. The van der Waals surface area contributed by atoms with Crippen molar-refractivity contribution in [1.82, 2.24) is 10.6 Å². The number of methoxy groups -OCH3 is 1. The Labute approximate surface area is 172 Å². The zero-order chi connectivity index (χ0) is 21.0. The SMILES string of the molecule is COC(=O)[C@@]1([C@H](C(=O)c2ccccc2)c2ccccc2)NC(=S)NC(=O)[C@H]1C#N. The molecule has 2 N–H and O–H groups in total. The first kappa shape index (κ1) is 20.2. The van der Waals surface area contributed by atoms with E-state index in [0.29, 0.717) is 11.1 Å². The van der Waals surface area contributed by atoms with Crippen molar-refractivity contribution in [1.29, 1.82) is 5.26 Å². The molecule has 146 valence electrons. The van der Waals surface area contributed by atoms with E-state index >= 15 is 0 Å². The molecule has 0 bridgehead atoms. The summed E-state index contributed by atoms with van der Waals surface area (Å²) < 4.78 is 4.97. The van der Waals surface area contributed by atoms with Crippen molar-refractivity contribution in [2.75, 3.05) is 7.11 Å². The second-order valence-corrected chi connectivity index (χ2v) is 6.85. The fraction of sp³-hybridized carbons (Fsp3) is 0.190. The number of ketones is 1. The van der Waals surface area contributed by atoms with E-state index < -0.39 is 35.0 Å². The van der Waals surface area contributed by atoms with Gasteiger partial charge in [-0.15, -0.1) is 0 Å². The maximum Gasteiger partial charge on any atom is 0.334 e. The Bertz CT molecular complexity index is 1000. The largest absolute Gasteiger partial charge is 0.467 e. The van der Waals surface area contributed by atoms with Gasteiger partial charge in [0.05, 0.1) is 19.1 Å². The number of nitriles is 1. The molecule has 3 atom stereocenters. The molecule has 1 aliphatic heterocycles. The number of ether oxygens (including phenoxy) is 1. The lowest BCUT2D eigenvalue weighted by Crippen LogP contribution is -2.73. The van der Waals surface area contributed by atoms with E-state index in [1.165, 1.54) is 0 Å². The lowest BCUT2D eigenvalue weighted by molar-refractivity contribution is -0.153. The molecule has 8 heteroatoms. The lowest BCUT2D eigenvalue weighted by Gasteiger charge is -2.43. The molecule has 0 saturated carbocycles. The highest BCUT2D eigenvalue weighted by atomic mass is 32.1. The van der Waals surface area contributed by atoms with Gasteiger partial charge in [-0.05, 0) is 17.8 Å². The Hall–Kier alpha value is -3.57. The van der Waals surface area contributed by atoms with Gasteiger partial charge >= 0.3 is 5.97 Å². The third kappa shape index (κ3) is 3.48. The fourth-order valence-corrected chi connectivity index (χ4v) is 3.84. The Morgan fingerprint density at radius 3 is 2.28 bits per heavy atom. The molecule has 0 radical (unpaired) electrons. The number of hydrogen-bond acceptors (Lipinski definition) is 6. The topological polar surface area (TPSA) is 108 Å². The van der Waals surface area contributed by atoms with Gasteiger partial charge in [0.15, 0.2) is 22.4 Å². The molecular weight excluding hydrogens is 390 g/mol. The quantitative estimate of drug-likeness (QED) is 0.441. The van der Waals surface area contributed by atoms with Crippen LogP contribution < -0.4 is 10.6 Å². The van der Waals surface area contributed by atoms with Crippen LogP contribution in [-0.4, -0.2) is 35.4 Å². The minimum atomic E-state index is -2.03. The number of Topliss-reactive ketones (excluding diaryl/α,β-unsaturated/α-hetero) is 1.